The van der Waals surface area contributed by atoms with Crippen LogP contribution in [0.1, 0.15) is 20.8 Å². The largest absolute Gasteiger partial charge is 0.444 e. The molecule has 0 saturated carbocycles. The third-order valence-electron chi connectivity index (χ3n) is 2.53. The molecule has 1 aromatic carbocycles. The number of aliphatic hydroxyl groups is 2. The molecular weight excluding hydrogens is 290 g/mol. The molecule has 0 radical (unpaired) electrons. The van der Waals surface area contributed by atoms with Gasteiger partial charge in [0.15, 0.2) is 0 Å². The van der Waals surface area contributed by atoms with Crippen molar-refractivity contribution in [3.05, 3.63) is 30.3 Å². The molecule has 6 heteroatoms. The first kappa shape index (κ1) is 17.8. The van der Waals surface area contributed by atoms with Crippen LogP contribution in [0.5, 0.6) is 0 Å². The third-order valence-corrected chi connectivity index (χ3v) is 3.66. The minimum absolute atomic E-state index is 0.421. The van der Waals surface area contributed by atoms with E-state index in [1.54, 1.807) is 20.8 Å². The summed E-state index contributed by atoms with van der Waals surface area (Å²) in [5.74, 6) is 0.435. The monoisotopic (exact) mass is 313 g/mol. The van der Waals surface area contributed by atoms with Crippen molar-refractivity contribution in [1.82, 2.24) is 5.32 Å². The van der Waals surface area contributed by atoms with E-state index in [2.05, 4.69) is 5.32 Å². The number of aliphatic hydroxyl groups excluding tert-OH is 2. The lowest BCUT2D eigenvalue weighted by molar-refractivity contribution is 0.0353. The number of amides is 1. The summed E-state index contributed by atoms with van der Waals surface area (Å²) in [5.41, 5.74) is -0.606. The Morgan fingerprint density at radius 2 is 1.95 bits per heavy atom. The Morgan fingerprint density at radius 3 is 2.48 bits per heavy atom. The van der Waals surface area contributed by atoms with E-state index in [0.717, 1.165) is 4.90 Å². The lowest BCUT2D eigenvalue weighted by atomic mass is 10.2. The molecule has 1 aromatic rings. The zero-order valence-corrected chi connectivity index (χ0v) is 13.4. The lowest BCUT2D eigenvalue weighted by Crippen LogP contribution is -2.48. The maximum absolute atomic E-state index is 11.8. The zero-order valence-electron chi connectivity index (χ0n) is 12.6. The van der Waals surface area contributed by atoms with Gasteiger partial charge in [0, 0.05) is 10.6 Å². The number of hydrogen-bond donors (Lipinski definition) is 3. The van der Waals surface area contributed by atoms with Gasteiger partial charge in [0.25, 0.3) is 0 Å². The van der Waals surface area contributed by atoms with Crippen LogP contribution >= 0.6 is 11.8 Å². The first-order chi connectivity index (χ1) is 9.81. The van der Waals surface area contributed by atoms with E-state index in [1.807, 2.05) is 30.3 Å². The Morgan fingerprint density at radius 1 is 1.33 bits per heavy atom. The van der Waals surface area contributed by atoms with E-state index in [-0.39, 0.29) is 0 Å². The molecule has 1 rings (SSSR count). The van der Waals surface area contributed by atoms with E-state index in [4.69, 9.17) is 9.84 Å². The maximum atomic E-state index is 11.8. The molecule has 2 unspecified atom stereocenters. The molecule has 118 valence electrons. The number of nitrogens with one attached hydrogen (secondary N) is 1. The highest BCUT2D eigenvalue weighted by Crippen LogP contribution is 2.19. The molecule has 0 aliphatic carbocycles. The van der Waals surface area contributed by atoms with Crippen molar-refractivity contribution in [1.29, 1.82) is 0 Å². The fourth-order valence-corrected chi connectivity index (χ4v) is 2.56. The Bertz CT molecular complexity index is 433. The van der Waals surface area contributed by atoms with Crippen molar-refractivity contribution in [3.63, 3.8) is 0 Å². The van der Waals surface area contributed by atoms with Gasteiger partial charge in [-0.05, 0) is 32.9 Å². The number of thioether (sulfide) groups is 1. The molecule has 3 N–H and O–H groups in total. The van der Waals surface area contributed by atoms with Crippen LogP contribution in [-0.2, 0) is 4.74 Å². The first-order valence-corrected chi connectivity index (χ1v) is 7.76. The summed E-state index contributed by atoms with van der Waals surface area (Å²) < 4.78 is 5.16. The number of ether oxygens (including phenoxy) is 1. The van der Waals surface area contributed by atoms with E-state index in [1.165, 1.54) is 11.8 Å². The van der Waals surface area contributed by atoms with Crippen molar-refractivity contribution in [3.8, 4) is 0 Å². The Hall–Kier alpha value is -1.24. The smallest absolute Gasteiger partial charge is 0.407 e. The van der Waals surface area contributed by atoms with Crippen molar-refractivity contribution in [2.45, 2.75) is 43.4 Å². The molecule has 0 aromatic heterocycles. The van der Waals surface area contributed by atoms with E-state index in [9.17, 15) is 9.90 Å². The lowest BCUT2D eigenvalue weighted by Gasteiger charge is -2.25. The second kappa shape index (κ2) is 8.26. The van der Waals surface area contributed by atoms with Crippen molar-refractivity contribution < 1.29 is 19.7 Å². The minimum Gasteiger partial charge on any atom is -0.444 e. The van der Waals surface area contributed by atoms with Crippen LogP contribution < -0.4 is 5.32 Å². The maximum Gasteiger partial charge on any atom is 0.407 e. The van der Waals surface area contributed by atoms with Crippen LogP contribution in [-0.4, -0.2) is 46.4 Å². The minimum atomic E-state index is -1.03. The molecule has 0 spiro atoms. The molecule has 0 bridgehead atoms. The van der Waals surface area contributed by atoms with Gasteiger partial charge in [0.05, 0.1) is 18.8 Å². The predicted molar refractivity (Wildman–Crippen MR) is 83.4 cm³/mol. The zero-order chi connectivity index (χ0) is 15.9. The number of alkyl carbamates (subject to hydrolysis) is 1. The van der Waals surface area contributed by atoms with E-state index < -0.39 is 30.4 Å². The Balaban J connectivity index is 2.58. The molecule has 0 heterocycles. The highest BCUT2D eigenvalue weighted by molar-refractivity contribution is 7.99. The quantitative estimate of drug-likeness (QED) is 0.700. The topological polar surface area (TPSA) is 78.8 Å². The van der Waals surface area contributed by atoms with Gasteiger partial charge >= 0.3 is 6.09 Å². The molecule has 0 aliphatic heterocycles. The second-order valence-corrected chi connectivity index (χ2v) is 6.72. The van der Waals surface area contributed by atoms with Crippen molar-refractivity contribution >= 4 is 17.9 Å². The van der Waals surface area contributed by atoms with Crippen LogP contribution in [0.25, 0.3) is 0 Å². The molecule has 0 aliphatic rings. The van der Waals surface area contributed by atoms with Gasteiger partial charge in [0.2, 0.25) is 0 Å². The molecule has 0 saturated heterocycles. The Kier molecular flexibility index (Phi) is 7.01. The summed E-state index contributed by atoms with van der Waals surface area (Å²) in [6, 6.07) is 9.06. The van der Waals surface area contributed by atoms with Crippen LogP contribution in [0.4, 0.5) is 4.79 Å². The number of benzene rings is 1. The van der Waals surface area contributed by atoms with Crippen LogP contribution in [0.3, 0.4) is 0 Å². The Labute approximate surface area is 129 Å². The summed E-state index contributed by atoms with van der Waals surface area (Å²) >= 11 is 1.49. The van der Waals surface area contributed by atoms with Crippen LogP contribution in [0.2, 0.25) is 0 Å². The molecular formula is C15H23NO4S. The highest BCUT2D eigenvalue weighted by atomic mass is 32.2. The normalized spacial score (nSPS) is 14.3. The molecule has 21 heavy (non-hydrogen) atoms. The predicted octanol–water partition coefficient (Wildman–Crippen LogP) is 2.03. The van der Waals surface area contributed by atoms with Gasteiger partial charge < -0.3 is 20.3 Å². The summed E-state index contributed by atoms with van der Waals surface area (Å²) in [7, 11) is 0. The molecule has 0 fully saturated rings. The number of hydrogen-bond acceptors (Lipinski definition) is 5. The van der Waals surface area contributed by atoms with Crippen molar-refractivity contribution in [2.75, 3.05) is 12.4 Å². The summed E-state index contributed by atoms with van der Waals surface area (Å²) in [4.78, 5) is 12.8. The SMILES string of the molecule is CC(C)(C)OC(=O)NC(CSc1ccccc1)C(O)CO. The summed E-state index contributed by atoms with van der Waals surface area (Å²) in [6.45, 7) is 4.88. The second-order valence-electron chi connectivity index (χ2n) is 5.63. The van der Waals surface area contributed by atoms with Crippen molar-refractivity contribution in [2.24, 2.45) is 0 Å². The van der Waals surface area contributed by atoms with Gasteiger partial charge in [0.1, 0.15) is 5.60 Å². The van der Waals surface area contributed by atoms with E-state index in [0.29, 0.717) is 5.75 Å². The van der Waals surface area contributed by atoms with Crippen LogP contribution in [0, 0.1) is 0 Å². The van der Waals surface area contributed by atoms with Gasteiger partial charge in [-0.1, -0.05) is 18.2 Å². The van der Waals surface area contributed by atoms with Gasteiger partial charge in [-0.3, -0.25) is 0 Å². The number of rotatable bonds is 6. The van der Waals surface area contributed by atoms with Gasteiger partial charge in [-0.2, -0.15) is 0 Å². The highest BCUT2D eigenvalue weighted by Gasteiger charge is 2.24. The summed E-state index contributed by atoms with van der Waals surface area (Å²) in [6.07, 6.45) is -1.64. The van der Waals surface area contributed by atoms with E-state index >= 15 is 0 Å². The standard InChI is InChI=1S/C15H23NO4S/c1-15(2,3)20-14(19)16-12(13(18)9-17)10-21-11-7-5-4-6-8-11/h4-8,12-13,17-18H,9-10H2,1-3H3,(H,16,19). The third kappa shape index (κ3) is 7.36. The van der Waals surface area contributed by atoms with Gasteiger partial charge in [-0.15, -0.1) is 11.8 Å². The molecule has 5 nitrogen and oxygen atoms in total. The van der Waals surface area contributed by atoms with Gasteiger partial charge in [-0.25, -0.2) is 4.79 Å². The average molecular weight is 313 g/mol. The molecule has 2 atom stereocenters. The number of carbonyl (C=O) groups excluding carboxylic acids is 1. The number of carbonyl (C=O) groups is 1. The molecule has 1 amide bonds. The average Bonchev–Trinajstić information content (AvgIpc) is 2.41. The first-order valence-electron chi connectivity index (χ1n) is 6.78. The fraction of sp³-hybridized carbons (Fsp3) is 0.533. The summed E-state index contributed by atoms with van der Waals surface area (Å²) in [5, 5.41) is 21.5. The fourth-order valence-electron chi connectivity index (χ4n) is 1.54. The van der Waals surface area contributed by atoms with Crippen LogP contribution in [0.15, 0.2) is 35.2 Å².